The Morgan fingerprint density at radius 1 is 1.29 bits per heavy atom. The van der Waals surface area contributed by atoms with Crippen LogP contribution in [0.2, 0.25) is 10.0 Å². The first-order valence-corrected chi connectivity index (χ1v) is 6.58. The molecule has 0 fully saturated rings. The van der Waals surface area contributed by atoms with Gasteiger partial charge in [0.15, 0.2) is 0 Å². The Labute approximate surface area is 130 Å². The highest BCUT2D eigenvalue weighted by Crippen LogP contribution is 2.33. The van der Waals surface area contributed by atoms with Gasteiger partial charge in [0.2, 0.25) is 0 Å². The lowest BCUT2D eigenvalue weighted by atomic mass is 10.1. The first kappa shape index (κ1) is 15.4. The van der Waals surface area contributed by atoms with Crippen LogP contribution >= 0.6 is 23.2 Å². The second-order valence-electron chi connectivity index (χ2n) is 4.14. The molecule has 0 heterocycles. The van der Waals surface area contributed by atoms with Crippen molar-refractivity contribution in [3.05, 3.63) is 51.8 Å². The van der Waals surface area contributed by atoms with Crippen LogP contribution in [0, 0.1) is 5.82 Å². The van der Waals surface area contributed by atoms with Gasteiger partial charge >= 0.3 is 5.97 Å². The summed E-state index contributed by atoms with van der Waals surface area (Å²) in [5.74, 6) is -1.29. The summed E-state index contributed by atoms with van der Waals surface area (Å²) >= 11 is 11.9. The monoisotopic (exact) mass is 328 g/mol. The van der Waals surface area contributed by atoms with Crippen molar-refractivity contribution in [2.24, 2.45) is 0 Å². The van der Waals surface area contributed by atoms with Gasteiger partial charge in [-0.2, -0.15) is 0 Å². The summed E-state index contributed by atoms with van der Waals surface area (Å²) in [6.45, 7) is 0. The second kappa shape index (κ2) is 6.20. The van der Waals surface area contributed by atoms with Crippen LogP contribution in [-0.4, -0.2) is 13.1 Å². The van der Waals surface area contributed by atoms with Crippen molar-refractivity contribution in [2.75, 3.05) is 18.2 Å². The maximum absolute atomic E-state index is 13.9. The van der Waals surface area contributed by atoms with Crippen LogP contribution < -0.4 is 11.1 Å². The topological polar surface area (TPSA) is 64.3 Å². The summed E-state index contributed by atoms with van der Waals surface area (Å²) in [5, 5.41) is 3.34. The summed E-state index contributed by atoms with van der Waals surface area (Å²) in [6, 6.07) is 7.18. The average Bonchev–Trinajstić information content (AvgIpc) is 2.45. The number of hydrogen-bond donors (Lipinski definition) is 2. The molecule has 21 heavy (non-hydrogen) atoms. The highest BCUT2D eigenvalue weighted by atomic mass is 35.5. The third kappa shape index (κ3) is 3.20. The van der Waals surface area contributed by atoms with Gasteiger partial charge in [0.25, 0.3) is 0 Å². The van der Waals surface area contributed by atoms with Gasteiger partial charge in [-0.3, -0.25) is 0 Å². The molecule has 0 aliphatic heterocycles. The zero-order valence-electron chi connectivity index (χ0n) is 10.9. The van der Waals surface area contributed by atoms with Crippen LogP contribution in [0.4, 0.5) is 21.5 Å². The molecule has 0 radical (unpaired) electrons. The minimum atomic E-state index is -0.659. The fourth-order valence-corrected chi connectivity index (χ4v) is 2.06. The molecule has 3 N–H and O–H groups in total. The molecule has 0 aliphatic carbocycles. The quantitative estimate of drug-likeness (QED) is 0.653. The number of carbonyl (C=O) groups is 1. The highest BCUT2D eigenvalue weighted by molar-refractivity contribution is 6.43. The fourth-order valence-electron chi connectivity index (χ4n) is 1.72. The van der Waals surface area contributed by atoms with Gasteiger partial charge in [-0.05, 0) is 24.3 Å². The number of benzene rings is 2. The standard InChI is InChI=1S/C14H11Cl2FN2O2/c1-21-14(20)7-5-12(9(17)6-10(7)18)19-11-4-2-3-8(15)13(11)16/h2-6,19H,18H2,1H3. The molecule has 4 nitrogen and oxygen atoms in total. The summed E-state index contributed by atoms with van der Waals surface area (Å²) < 4.78 is 18.5. The number of rotatable bonds is 3. The van der Waals surface area contributed by atoms with Crippen LogP contribution in [0.1, 0.15) is 10.4 Å². The largest absolute Gasteiger partial charge is 0.465 e. The Hall–Kier alpha value is -1.98. The summed E-state index contributed by atoms with van der Waals surface area (Å²) in [5.41, 5.74) is 6.08. The van der Waals surface area contributed by atoms with E-state index in [1.807, 2.05) is 0 Å². The van der Waals surface area contributed by atoms with E-state index in [1.165, 1.54) is 13.2 Å². The van der Waals surface area contributed by atoms with Crippen LogP contribution in [0.5, 0.6) is 0 Å². The minimum Gasteiger partial charge on any atom is -0.465 e. The van der Waals surface area contributed by atoms with Crippen molar-refractivity contribution in [3.8, 4) is 0 Å². The number of methoxy groups -OCH3 is 1. The molecule has 0 aliphatic rings. The number of anilines is 3. The number of halogens is 3. The number of nitrogens with two attached hydrogens (primary N) is 1. The van der Waals surface area contributed by atoms with Gasteiger partial charge in [0.1, 0.15) is 5.82 Å². The van der Waals surface area contributed by atoms with Gasteiger partial charge in [0.05, 0.1) is 34.1 Å². The van der Waals surface area contributed by atoms with E-state index in [0.717, 1.165) is 6.07 Å². The Kier molecular flexibility index (Phi) is 4.55. The second-order valence-corrected chi connectivity index (χ2v) is 4.92. The molecular weight excluding hydrogens is 318 g/mol. The predicted molar refractivity (Wildman–Crippen MR) is 81.9 cm³/mol. The molecule has 2 aromatic rings. The Balaban J connectivity index is 2.44. The van der Waals surface area contributed by atoms with Crippen LogP contribution in [0.15, 0.2) is 30.3 Å². The Morgan fingerprint density at radius 2 is 2.00 bits per heavy atom. The first-order valence-electron chi connectivity index (χ1n) is 5.82. The summed E-state index contributed by atoms with van der Waals surface area (Å²) in [6.07, 6.45) is 0. The molecule has 0 bridgehead atoms. The van der Waals surface area contributed by atoms with Gasteiger partial charge in [-0.1, -0.05) is 29.3 Å². The molecule has 0 atom stereocenters. The van der Waals surface area contributed by atoms with Crippen LogP contribution in [0.25, 0.3) is 0 Å². The number of hydrogen-bond acceptors (Lipinski definition) is 4. The molecule has 7 heteroatoms. The van der Waals surface area contributed by atoms with Crippen molar-refractivity contribution >= 4 is 46.2 Å². The van der Waals surface area contributed by atoms with Crippen molar-refractivity contribution in [1.82, 2.24) is 0 Å². The van der Waals surface area contributed by atoms with E-state index >= 15 is 0 Å². The lowest BCUT2D eigenvalue weighted by Crippen LogP contribution is -2.07. The predicted octanol–water partition coefficient (Wildman–Crippen LogP) is 4.24. The molecular formula is C14H11Cl2FN2O2. The molecule has 0 unspecified atom stereocenters. The molecule has 0 spiro atoms. The van der Waals surface area contributed by atoms with Gasteiger partial charge in [-0.25, -0.2) is 9.18 Å². The SMILES string of the molecule is COC(=O)c1cc(Nc2cccc(Cl)c2Cl)c(F)cc1N. The van der Waals surface area contributed by atoms with Crippen molar-refractivity contribution in [3.63, 3.8) is 0 Å². The van der Waals surface area contributed by atoms with Gasteiger partial charge in [-0.15, -0.1) is 0 Å². The first-order chi connectivity index (χ1) is 9.93. The smallest absolute Gasteiger partial charge is 0.340 e. The van der Waals surface area contributed by atoms with Gasteiger partial charge in [0, 0.05) is 5.69 Å². The van der Waals surface area contributed by atoms with Crippen LogP contribution in [0.3, 0.4) is 0 Å². The van der Waals surface area contributed by atoms with Gasteiger partial charge < -0.3 is 15.8 Å². The number of nitrogen functional groups attached to an aromatic ring is 1. The van der Waals surface area contributed by atoms with E-state index in [1.54, 1.807) is 18.2 Å². The molecule has 2 rings (SSSR count). The van der Waals surface area contributed by atoms with Crippen LogP contribution in [-0.2, 0) is 4.74 Å². The number of esters is 1. The zero-order valence-corrected chi connectivity index (χ0v) is 12.4. The van der Waals surface area contributed by atoms with Crippen molar-refractivity contribution < 1.29 is 13.9 Å². The summed E-state index contributed by atoms with van der Waals surface area (Å²) in [4.78, 5) is 11.6. The minimum absolute atomic E-state index is 0.0120. The van der Waals surface area contributed by atoms with E-state index in [2.05, 4.69) is 10.1 Å². The van der Waals surface area contributed by atoms with Crippen molar-refractivity contribution in [2.45, 2.75) is 0 Å². The molecule has 0 aromatic heterocycles. The lowest BCUT2D eigenvalue weighted by Gasteiger charge is -2.12. The third-order valence-corrected chi connectivity index (χ3v) is 3.58. The normalized spacial score (nSPS) is 10.3. The molecule has 0 saturated heterocycles. The molecule has 0 amide bonds. The average molecular weight is 329 g/mol. The zero-order chi connectivity index (χ0) is 15.6. The van der Waals surface area contributed by atoms with E-state index in [-0.39, 0.29) is 22.0 Å². The third-order valence-electron chi connectivity index (χ3n) is 2.77. The number of ether oxygens (including phenoxy) is 1. The fraction of sp³-hybridized carbons (Fsp3) is 0.0714. The van der Waals surface area contributed by atoms with E-state index in [4.69, 9.17) is 28.9 Å². The highest BCUT2D eigenvalue weighted by Gasteiger charge is 2.15. The van der Waals surface area contributed by atoms with Crippen molar-refractivity contribution in [1.29, 1.82) is 0 Å². The molecule has 0 saturated carbocycles. The van der Waals surface area contributed by atoms with E-state index in [9.17, 15) is 9.18 Å². The van der Waals surface area contributed by atoms with E-state index < -0.39 is 11.8 Å². The Bertz CT molecular complexity index is 708. The molecule has 2 aromatic carbocycles. The maximum atomic E-state index is 13.9. The maximum Gasteiger partial charge on any atom is 0.340 e. The van der Waals surface area contributed by atoms with E-state index in [0.29, 0.717) is 10.7 Å². The number of carbonyl (C=O) groups excluding carboxylic acids is 1. The Morgan fingerprint density at radius 3 is 2.67 bits per heavy atom. The number of nitrogens with one attached hydrogen (secondary N) is 1. The summed E-state index contributed by atoms with van der Waals surface area (Å²) in [7, 11) is 1.21. The lowest BCUT2D eigenvalue weighted by molar-refractivity contribution is 0.0602. The molecule has 110 valence electrons.